The summed E-state index contributed by atoms with van der Waals surface area (Å²) in [5, 5.41) is 20.9. The molecule has 0 aliphatic heterocycles. The number of ether oxygens (including phenoxy) is 1. The Hall–Kier alpha value is -0.940. The van der Waals surface area contributed by atoms with Crippen LogP contribution in [0.1, 0.15) is 11.1 Å². The van der Waals surface area contributed by atoms with E-state index in [1.54, 1.807) is 7.11 Å². The summed E-state index contributed by atoms with van der Waals surface area (Å²) in [4.78, 5) is 0. The Kier molecular flexibility index (Phi) is 6.03. The summed E-state index contributed by atoms with van der Waals surface area (Å²) in [7, 11) is 1.66. The van der Waals surface area contributed by atoms with Gasteiger partial charge in [-0.25, -0.2) is 0 Å². The van der Waals surface area contributed by atoms with Gasteiger partial charge in [-0.15, -0.1) is 0 Å². The highest BCUT2D eigenvalue weighted by atomic mass is 16.5. The van der Waals surface area contributed by atoms with Crippen LogP contribution in [0, 0.1) is 0 Å². The van der Waals surface area contributed by atoms with Crippen molar-refractivity contribution >= 4 is 0 Å². The molecular formula is C12H19NO3. The molecule has 0 fully saturated rings. The van der Waals surface area contributed by atoms with Gasteiger partial charge in [-0.05, 0) is 11.1 Å². The van der Waals surface area contributed by atoms with Crippen LogP contribution in [0.15, 0.2) is 24.3 Å². The van der Waals surface area contributed by atoms with Crippen LogP contribution in [-0.2, 0) is 17.9 Å². The van der Waals surface area contributed by atoms with E-state index in [4.69, 9.17) is 14.9 Å². The Bertz CT molecular complexity index is 300. The third-order valence-electron chi connectivity index (χ3n) is 2.44. The molecule has 16 heavy (non-hydrogen) atoms. The second-order valence-corrected chi connectivity index (χ2v) is 3.64. The highest BCUT2D eigenvalue weighted by Crippen LogP contribution is 2.09. The summed E-state index contributed by atoms with van der Waals surface area (Å²) < 4.78 is 5.10. The van der Waals surface area contributed by atoms with Gasteiger partial charge in [-0.1, -0.05) is 24.3 Å². The van der Waals surface area contributed by atoms with E-state index >= 15 is 0 Å². The van der Waals surface area contributed by atoms with Crippen molar-refractivity contribution in [2.45, 2.75) is 19.2 Å². The molecule has 90 valence electrons. The van der Waals surface area contributed by atoms with E-state index in [1.165, 1.54) is 0 Å². The highest BCUT2D eigenvalue weighted by molar-refractivity contribution is 5.26. The van der Waals surface area contributed by atoms with Crippen LogP contribution >= 0.6 is 0 Å². The van der Waals surface area contributed by atoms with Crippen molar-refractivity contribution in [2.75, 3.05) is 20.3 Å². The third kappa shape index (κ3) is 3.90. The van der Waals surface area contributed by atoms with Gasteiger partial charge in [0.15, 0.2) is 0 Å². The average molecular weight is 225 g/mol. The normalized spacial score (nSPS) is 11.0. The largest absolute Gasteiger partial charge is 0.395 e. The van der Waals surface area contributed by atoms with E-state index in [-0.39, 0.29) is 19.3 Å². The molecule has 0 saturated carbocycles. The molecule has 0 amide bonds. The zero-order valence-corrected chi connectivity index (χ0v) is 9.52. The Morgan fingerprint density at radius 1 is 1.19 bits per heavy atom. The van der Waals surface area contributed by atoms with Crippen molar-refractivity contribution in [3.8, 4) is 0 Å². The second kappa shape index (κ2) is 7.35. The van der Waals surface area contributed by atoms with Crippen LogP contribution in [0.5, 0.6) is 0 Å². The molecule has 0 aromatic heterocycles. The Morgan fingerprint density at radius 3 is 2.38 bits per heavy atom. The minimum atomic E-state index is -0.268. The Labute approximate surface area is 95.9 Å². The van der Waals surface area contributed by atoms with E-state index < -0.39 is 0 Å². The summed E-state index contributed by atoms with van der Waals surface area (Å²) in [6.07, 6.45) is 0. The first-order valence-corrected chi connectivity index (χ1v) is 5.32. The lowest BCUT2D eigenvalue weighted by atomic mass is 10.1. The van der Waals surface area contributed by atoms with Crippen LogP contribution in [0.2, 0.25) is 0 Å². The zero-order valence-electron chi connectivity index (χ0n) is 9.52. The number of aliphatic hydroxyl groups is 2. The molecule has 0 heterocycles. The second-order valence-electron chi connectivity index (χ2n) is 3.64. The predicted octanol–water partition coefficient (Wildman–Crippen LogP) is 0.276. The zero-order chi connectivity index (χ0) is 11.8. The van der Waals surface area contributed by atoms with Crippen LogP contribution in [-0.4, -0.2) is 36.6 Å². The molecule has 0 unspecified atom stereocenters. The van der Waals surface area contributed by atoms with Crippen molar-refractivity contribution in [1.82, 2.24) is 5.32 Å². The maximum absolute atomic E-state index is 8.93. The first-order chi connectivity index (χ1) is 7.81. The summed E-state index contributed by atoms with van der Waals surface area (Å²) in [5.41, 5.74) is 2.24. The van der Waals surface area contributed by atoms with Crippen molar-refractivity contribution in [1.29, 1.82) is 0 Å². The molecule has 3 N–H and O–H groups in total. The van der Waals surface area contributed by atoms with E-state index in [0.717, 1.165) is 11.1 Å². The van der Waals surface area contributed by atoms with Gasteiger partial charge in [0.2, 0.25) is 0 Å². The van der Waals surface area contributed by atoms with Gasteiger partial charge in [-0.2, -0.15) is 0 Å². The van der Waals surface area contributed by atoms with Crippen LogP contribution in [0.25, 0.3) is 0 Å². The summed E-state index contributed by atoms with van der Waals surface area (Å²) >= 11 is 0. The maximum atomic E-state index is 8.93. The van der Waals surface area contributed by atoms with Crippen LogP contribution in [0.4, 0.5) is 0 Å². The molecule has 0 spiro atoms. The predicted molar refractivity (Wildman–Crippen MR) is 62.0 cm³/mol. The lowest BCUT2D eigenvalue weighted by Gasteiger charge is -2.15. The molecule has 4 heteroatoms. The van der Waals surface area contributed by atoms with Gasteiger partial charge >= 0.3 is 0 Å². The van der Waals surface area contributed by atoms with E-state index in [0.29, 0.717) is 13.2 Å². The highest BCUT2D eigenvalue weighted by Gasteiger charge is 2.06. The fraction of sp³-hybridized carbons (Fsp3) is 0.500. The molecule has 0 aliphatic carbocycles. The third-order valence-corrected chi connectivity index (χ3v) is 2.44. The van der Waals surface area contributed by atoms with Crippen molar-refractivity contribution in [3.05, 3.63) is 35.4 Å². The summed E-state index contributed by atoms with van der Waals surface area (Å²) in [6.45, 7) is 1.05. The SMILES string of the molecule is COCc1ccccc1CNC(CO)CO. The number of hydrogen-bond donors (Lipinski definition) is 3. The van der Waals surface area contributed by atoms with E-state index in [1.807, 2.05) is 24.3 Å². The average Bonchev–Trinajstić information content (AvgIpc) is 2.33. The van der Waals surface area contributed by atoms with Gasteiger partial charge in [0.05, 0.1) is 25.9 Å². The first-order valence-electron chi connectivity index (χ1n) is 5.32. The van der Waals surface area contributed by atoms with Crippen LogP contribution < -0.4 is 5.32 Å². The molecule has 4 nitrogen and oxygen atoms in total. The maximum Gasteiger partial charge on any atom is 0.0716 e. The van der Waals surface area contributed by atoms with Gasteiger partial charge in [-0.3, -0.25) is 0 Å². The number of methoxy groups -OCH3 is 1. The van der Waals surface area contributed by atoms with E-state index in [2.05, 4.69) is 5.32 Å². The molecule has 1 aromatic carbocycles. The number of nitrogens with one attached hydrogen (secondary N) is 1. The molecule has 0 aliphatic rings. The van der Waals surface area contributed by atoms with Crippen molar-refractivity contribution < 1.29 is 14.9 Å². The molecule has 0 bridgehead atoms. The first kappa shape index (κ1) is 13.1. The van der Waals surface area contributed by atoms with Crippen molar-refractivity contribution in [2.24, 2.45) is 0 Å². The minimum absolute atomic E-state index is 0.0665. The standard InChI is InChI=1S/C12H19NO3/c1-16-9-11-5-3-2-4-10(11)6-13-12(7-14)8-15/h2-5,12-15H,6-9H2,1H3. The number of benzene rings is 1. The molecule has 0 saturated heterocycles. The smallest absolute Gasteiger partial charge is 0.0716 e. The fourth-order valence-electron chi connectivity index (χ4n) is 1.47. The molecule has 0 radical (unpaired) electrons. The van der Waals surface area contributed by atoms with Crippen molar-refractivity contribution in [3.63, 3.8) is 0 Å². The van der Waals surface area contributed by atoms with E-state index in [9.17, 15) is 0 Å². The number of aliphatic hydroxyl groups excluding tert-OH is 2. The number of hydrogen-bond acceptors (Lipinski definition) is 4. The van der Waals surface area contributed by atoms with Gasteiger partial charge in [0.1, 0.15) is 0 Å². The molecular weight excluding hydrogens is 206 g/mol. The minimum Gasteiger partial charge on any atom is -0.395 e. The monoisotopic (exact) mass is 225 g/mol. The summed E-state index contributed by atoms with van der Waals surface area (Å²) in [6, 6.07) is 7.67. The van der Waals surface area contributed by atoms with Gasteiger partial charge < -0.3 is 20.3 Å². The summed E-state index contributed by atoms with van der Waals surface area (Å²) in [5.74, 6) is 0. The molecule has 0 atom stereocenters. The van der Waals surface area contributed by atoms with Gasteiger partial charge in [0, 0.05) is 13.7 Å². The number of rotatable bonds is 7. The lowest BCUT2D eigenvalue weighted by molar-refractivity contribution is 0.169. The van der Waals surface area contributed by atoms with Crippen LogP contribution in [0.3, 0.4) is 0 Å². The Balaban J connectivity index is 2.58. The fourth-order valence-corrected chi connectivity index (χ4v) is 1.47. The topological polar surface area (TPSA) is 61.7 Å². The van der Waals surface area contributed by atoms with Gasteiger partial charge in [0.25, 0.3) is 0 Å². The molecule has 1 aromatic rings. The lowest BCUT2D eigenvalue weighted by Crippen LogP contribution is -2.35. The quantitative estimate of drug-likeness (QED) is 0.623. The molecule has 1 rings (SSSR count). The Morgan fingerprint density at radius 2 is 1.81 bits per heavy atom.